The summed E-state index contributed by atoms with van der Waals surface area (Å²) in [7, 11) is 0. The van der Waals surface area contributed by atoms with Crippen molar-refractivity contribution in [1.82, 2.24) is 0 Å². The Hall–Kier alpha value is -4.08. The van der Waals surface area contributed by atoms with E-state index in [-0.39, 0.29) is 21.5 Å². The van der Waals surface area contributed by atoms with Crippen molar-refractivity contribution in [3.63, 3.8) is 0 Å². The first-order valence-electron chi connectivity index (χ1n) is 7.80. The maximum atomic E-state index is 12.4. The van der Waals surface area contributed by atoms with Gasteiger partial charge in [0, 0.05) is 36.8 Å². The number of hydrogen-bond acceptors (Lipinski definition) is 10. The van der Waals surface area contributed by atoms with E-state index < -0.39 is 57.4 Å². The topological polar surface area (TPSA) is 153 Å². The van der Waals surface area contributed by atoms with Gasteiger partial charge in [-0.2, -0.15) is 0 Å². The molecule has 4 aromatic rings. The van der Waals surface area contributed by atoms with Crippen LogP contribution in [0.25, 0.3) is 32.7 Å². The summed E-state index contributed by atoms with van der Waals surface area (Å²) < 4.78 is 19.9. The minimum absolute atomic E-state index is 0.0288. The van der Waals surface area contributed by atoms with Gasteiger partial charge in [0.1, 0.15) is 0 Å². The molecule has 28 heavy (non-hydrogen) atoms. The van der Waals surface area contributed by atoms with E-state index in [1.54, 1.807) is 0 Å². The number of hydrogen-bond donors (Lipinski definition) is 2. The zero-order valence-electron chi connectivity index (χ0n) is 14.3. The van der Waals surface area contributed by atoms with Gasteiger partial charge in [-0.25, -0.2) is 9.59 Å². The number of phenolic OH excluding ortho intramolecular Hbond substituents is 2. The van der Waals surface area contributed by atoms with E-state index in [0.717, 1.165) is 26.0 Å². The summed E-state index contributed by atoms with van der Waals surface area (Å²) in [6.45, 7) is 2.16. The summed E-state index contributed by atoms with van der Waals surface area (Å²) in [5.74, 6) is -3.73. The Labute approximate surface area is 153 Å². The lowest BCUT2D eigenvalue weighted by Crippen LogP contribution is -2.10. The maximum absolute atomic E-state index is 12.4. The second-order valence-electron chi connectivity index (χ2n) is 5.92. The van der Waals surface area contributed by atoms with Crippen molar-refractivity contribution in [3.05, 3.63) is 33.0 Å². The van der Waals surface area contributed by atoms with Crippen LogP contribution in [0.4, 0.5) is 0 Å². The predicted octanol–water partition coefficient (Wildman–Crippen LogP) is 1.75. The molecule has 0 aliphatic heterocycles. The molecule has 0 radical (unpaired) electrons. The molecule has 10 nitrogen and oxygen atoms in total. The number of aromatic hydroxyl groups is 2. The Morgan fingerprint density at radius 2 is 1.14 bits per heavy atom. The molecule has 0 aliphatic carbocycles. The number of rotatable bonds is 2. The van der Waals surface area contributed by atoms with Gasteiger partial charge < -0.3 is 28.5 Å². The third kappa shape index (κ3) is 2.35. The summed E-state index contributed by atoms with van der Waals surface area (Å²) in [6.07, 6.45) is 0. The summed E-state index contributed by atoms with van der Waals surface area (Å²) in [6, 6.07) is 2.11. The van der Waals surface area contributed by atoms with Gasteiger partial charge in [0.2, 0.25) is 11.5 Å². The van der Waals surface area contributed by atoms with Crippen molar-refractivity contribution in [2.45, 2.75) is 13.8 Å². The number of phenols is 2. The molecule has 0 bridgehead atoms. The zero-order chi connectivity index (χ0) is 20.3. The average molecular weight is 386 g/mol. The Kier molecular flexibility index (Phi) is 3.54. The number of carbonyl (C=O) groups excluding carboxylic acids is 2. The lowest BCUT2D eigenvalue weighted by molar-refractivity contribution is -0.132. The van der Waals surface area contributed by atoms with Crippen LogP contribution in [0.2, 0.25) is 0 Å². The molecule has 0 atom stereocenters. The number of benzene rings is 2. The molecule has 2 aromatic carbocycles. The van der Waals surface area contributed by atoms with E-state index >= 15 is 0 Å². The lowest BCUT2D eigenvalue weighted by atomic mass is 10.0. The standard InChI is InChI=1S/C18H10O10/c1-5(19)25-9-3-7-11-12-8(18(24)27-15(11)13(9)21)4-10(26-6(2)20)14(22)16(12)28-17(7)23/h3-4,21-22H,1-2H3. The lowest BCUT2D eigenvalue weighted by Gasteiger charge is -2.13. The van der Waals surface area contributed by atoms with Crippen molar-refractivity contribution < 1.29 is 38.1 Å². The van der Waals surface area contributed by atoms with Crippen molar-refractivity contribution in [3.8, 4) is 23.0 Å². The highest BCUT2D eigenvalue weighted by molar-refractivity contribution is 6.22. The van der Waals surface area contributed by atoms with Crippen molar-refractivity contribution in [2.75, 3.05) is 0 Å². The molecular formula is C18H10O10. The van der Waals surface area contributed by atoms with Crippen LogP contribution in [0.3, 0.4) is 0 Å². The maximum Gasteiger partial charge on any atom is 0.344 e. The van der Waals surface area contributed by atoms with E-state index in [9.17, 15) is 29.4 Å². The molecule has 142 valence electrons. The quantitative estimate of drug-likeness (QED) is 0.225. The third-order valence-electron chi connectivity index (χ3n) is 4.03. The highest BCUT2D eigenvalue weighted by atomic mass is 16.5. The van der Waals surface area contributed by atoms with Gasteiger partial charge in [-0.05, 0) is 0 Å². The largest absolute Gasteiger partial charge is 0.502 e. The van der Waals surface area contributed by atoms with E-state index in [4.69, 9.17) is 18.3 Å². The molecule has 0 amide bonds. The van der Waals surface area contributed by atoms with Crippen LogP contribution in [-0.4, -0.2) is 22.2 Å². The second kappa shape index (κ2) is 5.71. The fraction of sp³-hybridized carbons (Fsp3) is 0.111. The summed E-state index contributed by atoms with van der Waals surface area (Å²) in [4.78, 5) is 47.4. The fourth-order valence-electron chi connectivity index (χ4n) is 3.03. The molecule has 10 heteroatoms. The first kappa shape index (κ1) is 17.3. The van der Waals surface area contributed by atoms with Crippen LogP contribution >= 0.6 is 0 Å². The monoisotopic (exact) mass is 386 g/mol. The minimum atomic E-state index is -0.976. The van der Waals surface area contributed by atoms with Crippen LogP contribution in [0.5, 0.6) is 23.0 Å². The number of ether oxygens (including phenoxy) is 2. The molecule has 2 aromatic heterocycles. The highest BCUT2D eigenvalue weighted by Gasteiger charge is 2.26. The third-order valence-corrected chi connectivity index (χ3v) is 4.03. The first-order chi connectivity index (χ1) is 13.2. The van der Waals surface area contributed by atoms with Gasteiger partial charge in [-0.15, -0.1) is 0 Å². The van der Waals surface area contributed by atoms with E-state index in [0.29, 0.717) is 0 Å². The van der Waals surface area contributed by atoms with Gasteiger partial charge in [0.15, 0.2) is 22.7 Å². The van der Waals surface area contributed by atoms with Crippen molar-refractivity contribution in [1.29, 1.82) is 0 Å². The van der Waals surface area contributed by atoms with Gasteiger partial charge in [-0.1, -0.05) is 0 Å². The van der Waals surface area contributed by atoms with Crippen molar-refractivity contribution >= 4 is 44.6 Å². The molecule has 0 saturated heterocycles. The Bertz CT molecular complexity index is 1310. The highest BCUT2D eigenvalue weighted by Crippen LogP contribution is 2.45. The molecule has 0 saturated carbocycles. The van der Waals surface area contributed by atoms with E-state index in [1.807, 2.05) is 0 Å². The molecule has 4 rings (SSSR count). The van der Waals surface area contributed by atoms with Gasteiger partial charge in [0.05, 0.1) is 10.8 Å². The Balaban J connectivity index is 2.26. The normalized spacial score (nSPS) is 11.4. The summed E-state index contributed by atoms with van der Waals surface area (Å²) >= 11 is 0. The van der Waals surface area contributed by atoms with Crippen LogP contribution in [0.15, 0.2) is 30.6 Å². The molecule has 2 N–H and O–H groups in total. The Morgan fingerprint density at radius 3 is 1.46 bits per heavy atom. The van der Waals surface area contributed by atoms with Crippen LogP contribution in [0.1, 0.15) is 13.8 Å². The Morgan fingerprint density at radius 1 is 0.786 bits per heavy atom. The molecule has 0 aliphatic rings. The molecule has 0 spiro atoms. The number of carbonyl (C=O) groups is 2. The van der Waals surface area contributed by atoms with Gasteiger partial charge >= 0.3 is 23.2 Å². The van der Waals surface area contributed by atoms with E-state index in [2.05, 4.69) is 0 Å². The summed E-state index contributed by atoms with van der Waals surface area (Å²) in [5.41, 5.74) is -2.81. The van der Waals surface area contributed by atoms with Crippen LogP contribution < -0.4 is 20.7 Å². The second-order valence-corrected chi connectivity index (χ2v) is 5.92. The van der Waals surface area contributed by atoms with Crippen LogP contribution in [-0.2, 0) is 9.59 Å². The first-order valence-corrected chi connectivity index (χ1v) is 7.80. The van der Waals surface area contributed by atoms with Crippen LogP contribution in [0, 0.1) is 0 Å². The van der Waals surface area contributed by atoms with Gasteiger partial charge in [0.25, 0.3) is 0 Å². The SMILES string of the molecule is CC(=O)Oc1cc2c(=O)oc3c(O)c(OC(C)=O)cc4c(=O)oc(c1O)c2c34. The average Bonchev–Trinajstić information content (AvgIpc) is 2.60. The fourth-order valence-corrected chi connectivity index (χ4v) is 3.03. The number of esters is 2. The predicted molar refractivity (Wildman–Crippen MR) is 93.2 cm³/mol. The minimum Gasteiger partial charge on any atom is -0.502 e. The van der Waals surface area contributed by atoms with Crippen molar-refractivity contribution in [2.24, 2.45) is 0 Å². The molecule has 2 heterocycles. The smallest absolute Gasteiger partial charge is 0.344 e. The van der Waals surface area contributed by atoms with E-state index in [1.165, 1.54) is 0 Å². The summed E-state index contributed by atoms with van der Waals surface area (Å²) in [5, 5.41) is 20.3. The zero-order valence-corrected chi connectivity index (χ0v) is 14.3. The molecule has 0 unspecified atom stereocenters. The van der Waals surface area contributed by atoms with Gasteiger partial charge in [-0.3, -0.25) is 9.59 Å². The molecular weight excluding hydrogens is 376 g/mol. The molecule has 0 fully saturated rings.